The Morgan fingerprint density at radius 2 is 2.07 bits per heavy atom. The van der Waals surface area contributed by atoms with Crippen LogP contribution in [-0.2, 0) is 13.7 Å². The Balaban J connectivity index is 2.61. The van der Waals surface area contributed by atoms with E-state index >= 15 is 0 Å². The van der Waals surface area contributed by atoms with Crippen LogP contribution < -0.4 is 0 Å². The first-order valence-corrected chi connectivity index (χ1v) is 4.79. The quantitative estimate of drug-likeness (QED) is 0.787. The van der Waals surface area contributed by atoms with E-state index in [1.165, 1.54) is 0 Å². The van der Waals surface area contributed by atoms with Gasteiger partial charge in [0, 0.05) is 18.8 Å². The molecule has 0 aliphatic heterocycles. The van der Waals surface area contributed by atoms with Gasteiger partial charge in [0.15, 0.2) is 5.82 Å². The first-order chi connectivity index (χ1) is 7.13. The Kier molecular flexibility index (Phi) is 2.32. The minimum atomic E-state index is -0.0199. The van der Waals surface area contributed by atoms with Gasteiger partial charge in [0.05, 0.1) is 18.0 Å². The summed E-state index contributed by atoms with van der Waals surface area (Å²) in [6, 6.07) is 1.92. The zero-order valence-electron chi connectivity index (χ0n) is 9.10. The van der Waals surface area contributed by atoms with E-state index in [-0.39, 0.29) is 6.61 Å². The molecule has 0 radical (unpaired) electrons. The van der Waals surface area contributed by atoms with Crippen molar-refractivity contribution in [2.45, 2.75) is 20.5 Å². The lowest BCUT2D eigenvalue weighted by atomic mass is 10.2. The second-order valence-electron chi connectivity index (χ2n) is 3.57. The summed E-state index contributed by atoms with van der Waals surface area (Å²) in [6.07, 6.45) is 1.87. The molecule has 0 amide bonds. The van der Waals surface area contributed by atoms with Crippen molar-refractivity contribution in [2.75, 3.05) is 0 Å². The Morgan fingerprint density at radius 1 is 1.33 bits per heavy atom. The number of hydrogen-bond acceptors (Lipinski definition) is 3. The molecule has 0 unspecified atom stereocenters. The van der Waals surface area contributed by atoms with E-state index in [0.717, 1.165) is 22.8 Å². The number of rotatable bonds is 2. The molecule has 2 heterocycles. The Bertz CT molecular complexity index is 484. The molecule has 0 spiro atoms. The van der Waals surface area contributed by atoms with Gasteiger partial charge in [0.25, 0.3) is 0 Å². The minimum Gasteiger partial charge on any atom is -0.391 e. The second-order valence-corrected chi connectivity index (χ2v) is 3.57. The third-order valence-corrected chi connectivity index (χ3v) is 2.41. The number of aromatic nitrogens is 4. The van der Waals surface area contributed by atoms with Gasteiger partial charge in [-0.3, -0.25) is 4.68 Å². The zero-order valence-corrected chi connectivity index (χ0v) is 9.10. The van der Waals surface area contributed by atoms with Crippen molar-refractivity contribution in [1.82, 2.24) is 19.6 Å². The average Bonchev–Trinajstić information content (AvgIpc) is 2.70. The van der Waals surface area contributed by atoms with E-state index in [0.29, 0.717) is 0 Å². The van der Waals surface area contributed by atoms with Crippen LogP contribution in [0.1, 0.15) is 17.0 Å². The van der Waals surface area contributed by atoms with Crippen LogP contribution in [0.4, 0.5) is 0 Å². The van der Waals surface area contributed by atoms with Gasteiger partial charge in [-0.25, -0.2) is 4.68 Å². The first-order valence-electron chi connectivity index (χ1n) is 4.79. The second kappa shape index (κ2) is 3.51. The van der Waals surface area contributed by atoms with Crippen molar-refractivity contribution < 1.29 is 5.11 Å². The lowest BCUT2D eigenvalue weighted by Gasteiger charge is -2.04. The highest BCUT2D eigenvalue weighted by Gasteiger charge is 2.14. The van der Waals surface area contributed by atoms with Gasteiger partial charge in [0.1, 0.15) is 0 Å². The number of aryl methyl sites for hydroxylation is 3. The summed E-state index contributed by atoms with van der Waals surface area (Å²) in [5.41, 5.74) is 2.60. The standard InChI is InChI=1S/C10H14N4O/c1-7-4-5-14(11-7)10-9(6-15)8(2)12-13(10)3/h4-5,15H,6H2,1-3H3. The highest BCUT2D eigenvalue weighted by atomic mass is 16.3. The van der Waals surface area contributed by atoms with E-state index in [1.807, 2.05) is 33.2 Å². The van der Waals surface area contributed by atoms with Gasteiger partial charge in [-0.05, 0) is 19.9 Å². The van der Waals surface area contributed by atoms with Gasteiger partial charge in [0.2, 0.25) is 0 Å². The van der Waals surface area contributed by atoms with Crippen LogP contribution >= 0.6 is 0 Å². The van der Waals surface area contributed by atoms with Crippen molar-refractivity contribution in [3.8, 4) is 5.82 Å². The average molecular weight is 206 g/mol. The lowest BCUT2D eigenvalue weighted by Crippen LogP contribution is -2.06. The van der Waals surface area contributed by atoms with Crippen molar-refractivity contribution in [3.05, 3.63) is 29.2 Å². The molecule has 5 nitrogen and oxygen atoms in total. The van der Waals surface area contributed by atoms with Crippen LogP contribution in [0.5, 0.6) is 0 Å². The minimum absolute atomic E-state index is 0.0199. The maximum absolute atomic E-state index is 9.29. The first kappa shape index (κ1) is 9.92. The van der Waals surface area contributed by atoms with Crippen molar-refractivity contribution in [3.63, 3.8) is 0 Å². The lowest BCUT2D eigenvalue weighted by molar-refractivity contribution is 0.280. The predicted octanol–water partition coefficient (Wildman–Crippen LogP) is 0.715. The molecule has 0 saturated carbocycles. The zero-order chi connectivity index (χ0) is 11.0. The fourth-order valence-corrected chi connectivity index (χ4v) is 1.69. The molecule has 2 rings (SSSR count). The van der Waals surface area contributed by atoms with Crippen LogP contribution in [0.25, 0.3) is 5.82 Å². The van der Waals surface area contributed by atoms with Crippen LogP contribution in [0, 0.1) is 13.8 Å². The molecule has 0 bridgehead atoms. The highest BCUT2D eigenvalue weighted by Crippen LogP contribution is 2.17. The van der Waals surface area contributed by atoms with Crippen molar-refractivity contribution >= 4 is 0 Å². The molecule has 2 aromatic rings. The van der Waals surface area contributed by atoms with E-state index < -0.39 is 0 Å². The highest BCUT2D eigenvalue weighted by molar-refractivity contribution is 5.36. The van der Waals surface area contributed by atoms with Gasteiger partial charge >= 0.3 is 0 Å². The van der Waals surface area contributed by atoms with Gasteiger partial charge in [-0.2, -0.15) is 10.2 Å². The Morgan fingerprint density at radius 3 is 2.60 bits per heavy atom. The van der Waals surface area contributed by atoms with Crippen LogP contribution in [0.15, 0.2) is 12.3 Å². The number of aliphatic hydroxyl groups is 1. The maximum atomic E-state index is 9.29. The molecule has 2 aromatic heterocycles. The molecule has 0 aromatic carbocycles. The number of nitrogens with zero attached hydrogens (tertiary/aromatic N) is 4. The molecule has 0 saturated heterocycles. The molecule has 1 N–H and O–H groups in total. The van der Waals surface area contributed by atoms with E-state index in [2.05, 4.69) is 10.2 Å². The van der Waals surface area contributed by atoms with Gasteiger partial charge < -0.3 is 5.11 Å². The summed E-state index contributed by atoms with van der Waals surface area (Å²) in [5, 5.41) is 17.9. The fraction of sp³-hybridized carbons (Fsp3) is 0.400. The summed E-state index contributed by atoms with van der Waals surface area (Å²) in [6.45, 7) is 3.79. The van der Waals surface area contributed by atoms with Crippen molar-refractivity contribution in [2.24, 2.45) is 7.05 Å². The third kappa shape index (κ3) is 1.55. The third-order valence-electron chi connectivity index (χ3n) is 2.41. The predicted molar refractivity (Wildman–Crippen MR) is 55.7 cm³/mol. The van der Waals surface area contributed by atoms with Crippen LogP contribution in [0.3, 0.4) is 0 Å². The molecule has 5 heteroatoms. The summed E-state index contributed by atoms with van der Waals surface area (Å²) >= 11 is 0. The smallest absolute Gasteiger partial charge is 0.157 e. The largest absolute Gasteiger partial charge is 0.391 e. The molecular formula is C10H14N4O. The molecular weight excluding hydrogens is 192 g/mol. The Hall–Kier alpha value is -1.62. The summed E-state index contributed by atoms with van der Waals surface area (Å²) in [7, 11) is 1.85. The SMILES string of the molecule is Cc1ccn(-c2c(CO)c(C)nn2C)n1. The molecule has 80 valence electrons. The molecule has 0 atom stereocenters. The Labute approximate surface area is 88.0 Å². The molecule has 0 fully saturated rings. The normalized spacial score (nSPS) is 10.9. The van der Waals surface area contributed by atoms with Crippen LogP contribution in [0.2, 0.25) is 0 Å². The monoisotopic (exact) mass is 206 g/mol. The summed E-state index contributed by atoms with van der Waals surface area (Å²) in [4.78, 5) is 0. The maximum Gasteiger partial charge on any atom is 0.157 e. The van der Waals surface area contributed by atoms with Gasteiger partial charge in [-0.15, -0.1) is 0 Å². The van der Waals surface area contributed by atoms with Crippen molar-refractivity contribution in [1.29, 1.82) is 0 Å². The number of hydrogen-bond donors (Lipinski definition) is 1. The number of aliphatic hydroxyl groups excluding tert-OH is 1. The molecule has 15 heavy (non-hydrogen) atoms. The topological polar surface area (TPSA) is 55.9 Å². The summed E-state index contributed by atoms with van der Waals surface area (Å²) in [5.74, 6) is 0.822. The molecule has 0 aliphatic carbocycles. The molecule has 0 aliphatic rings. The summed E-state index contributed by atoms with van der Waals surface area (Å²) < 4.78 is 3.47. The van der Waals surface area contributed by atoms with E-state index in [9.17, 15) is 5.11 Å². The van der Waals surface area contributed by atoms with Gasteiger partial charge in [-0.1, -0.05) is 0 Å². The van der Waals surface area contributed by atoms with E-state index in [4.69, 9.17) is 0 Å². The van der Waals surface area contributed by atoms with Crippen LogP contribution in [-0.4, -0.2) is 24.7 Å². The van der Waals surface area contributed by atoms with E-state index in [1.54, 1.807) is 9.36 Å². The fourth-order valence-electron chi connectivity index (χ4n) is 1.69.